The van der Waals surface area contributed by atoms with Crippen LogP contribution in [0.1, 0.15) is 0 Å². The van der Waals surface area contributed by atoms with Gasteiger partial charge < -0.3 is 10.8 Å². The van der Waals surface area contributed by atoms with Crippen molar-refractivity contribution in [1.82, 2.24) is 3.93 Å². The molecule has 0 aromatic heterocycles. The Morgan fingerprint density at radius 2 is 2.10 bits per heavy atom. The fourth-order valence-corrected chi connectivity index (χ4v) is 0.665. The molecule has 0 aliphatic rings. The van der Waals surface area contributed by atoms with Gasteiger partial charge in [0.1, 0.15) is 6.54 Å². The molecule has 0 rings (SSSR count). The van der Waals surface area contributed by atoms with Gasteiger partial charge in [0.2, 0.25) is 5.91 Å². The van der Waals surface area contributed by atoms with Crippen LogP contribution in [0.15, 0.2) is 0 Å². The molecule has 0 spiro atoms. The number of carboxylic acids is 1. The van der Waals surface area contributed by atoms with Gasteiger partial charge in [-0.2, -0.15) is 0 Å². The Balaban J connectivity index is 3.72. The molecule has 0 radical (unpaired) electrons. The summed E-state index contributed by atoms with van der Waals surface area (Å²) >= 11 is 2.73. The highest BCUT2D eigenvalue weighted by Crippen LogP contribution is 1.95. The van der Waals surface area contributed by atoms with E-state index in [4.69, 9.17) is 10.8 Å². The Morgan fingerprint density at radius 1 is 1.60 bits per heavy atom. The molecule has 0 aromatic carbocycles. The van der Waals surface area contributed by atoms with Crippen molar-refractivity contribution in [2.75, 3.05) is 13.1 Å². The van der Waals surface area contributed by atoms with Crippen LogP contribution in [0.25, 0.3) is 0 Å². The van der Waals surface area contributed by atoms with Crippen molar-refractivity contribution in [2.45, 2.75) is 0 Å². The summed E-state index contributed by atoms with van der Waals surface area (Å²) in [6, 6.07) is 0. The van der Waals surface area contributed by atoms with Gasteiger partial charge in [-0.05, 0) is 0 Å². The van der Waals surface area contributed by atoms with Gasteiger partial charge in [0.15, 0.2) is 0 Å². The molecule has 6 heteroatoms. The normalized spacial score (nSPS) is 9.00. The van der Waals surface area contributed by atoms with E-state index in [0.717, 1.165) is 3.93 Å². The minimum atomic E-state index is -1.08. The van der Waals surface area contributed by atoms with Gasteiger partial charge in [-0.3, -0.25) is 13.5 Å². The van der Waals surface area contributed by atoms with Crippen LogP contribution >= 0.6 is 16.1 Å². The molecular formula is C4H7BrN2O3. The van der Waals surface area contributed by atoms with Crippen LogP contribution < -0.4 is 5.73 Å². The number of carboxylic acid groups (broad SMARTS) is 1. The molecule has 0 bridgehead atoms. The van der Waals surface area contributed by atoms with Gasteiger partial charge in [-0.15, -0.1) is 0 Å². The maximum absolute atomic E-state index is 10.5. The lowest BCUT2D eigenvalue weighted by Crippen LogP contribution is -2.32. The Kier molecular flexibility index (Phi) is 3.97. The van der Waals surface area contributed by atoms with E-state index in [1.807, 2.05) is 0 Å². The van der Waals surface area contributed by atoms with Crippen molar-refractivity contribution in [1.29, 1.82) is 0 Å². The monoisotopic (exact) mass is 210 g/mol. The molecule has 0 unspecified atom stereocenters. The number of hydrogen-bond donors (Lipinski definition) is 2. The van der Waals surface area contributed by atoms with Crippen LogP contribution in [0.3, 0.4) is 0 Å². The number of carbonyl (C=O) groups is 2. The Morgan fingerprint density at radius 3 is 2.40 bits per heavy atom. The van der Waals surface area contributed by atoms with Gasteiger partial charge in [-0.25, -0.2) is 0 Å². The Labute approximate surface area is 66.1 Å². The number of aliphatic carboxylic acids is 1. The lowest BCUT2D eigenvalue weighted by molar-refractivity contribution is -0.140. The first-order valence-corrected chi connectivity index (χ1v) is 3.17. The molecule has 5 nitrogen and oxygen atoms in total. The van der Waals surface area contributed by atoms with Crippen molar-refractivity contribution >= 4 is 28.0 Å². The maximum Gasteiger partial charge on any atom is 0.324 e. The molecular weight excluding hydrogens is 204 g/mol. The van der Waals surface area contributed by atoms with Crippen LogP contribution in [0.2, 0.25) is 0 Å². The molecule has 0 aliphatic heterocycles. The predicted molar refractivity (Wildman–Crippen MR) is 37.3 cm³/mol. The Bertz CT molecular complexity index is 149. The van der Waals surface area contributed by atoms with Crippen LogP contribution in [-0.4, -0.2) is 34.0 Å². The highest BCUT2D eigenvalue weighted by molar-refractivity contribution is 9.07. The average molecular weight is 211 g/mol. The molecule has 0 saturated heterocycles. The van der Waals surface area contributed by atoms with Crippen molar-refractivity contribution in [2.24, 2.45) is 5.73 Å². The number of nitrogens with zero attached hydrogens (tertiary/aromatic N) is 1. The summed E-state index contributed by atoms with van der Waals surface area (Å²) in [7, 11) is 0. The maximum atomic E-state index is 10.5. The van der Waals surface area contributed by atoms with Crippen molar-refractivity contribution < 1.29 is 14.7 Å². The predicted octanol–water partition coefficient (Wildman–Crippen LogP) is -0.832. The molecule has 0 fully saturated rings. The molecule has 0 atom stereocenters. The lowest BCUT2D eigenvalue weighted by Gasteiger charge is -2.08. The molecule has 1 amide bonds. The zero-order chi connectivity index (χ0) is 8.15. The molecule has 0 aliphatic carbocycles. The summed E-state index contributed by atoms with van der Waals surface area (Å²) in [6.07, 6.45) is 0. The van der Waals surface area contributed by atoms with Crippen molar-refractivity contribution in [3.05, 3.63) is 0 Å². The molecule has 3 N–H and O–H groups in total. The van der Waals surface area contributed by atoms with Gasteiger partial charge in [-0.1, -0.05) is 0 Å². The fourth-order valence-electron chi connectivity index (χ4n) is 0.306. The average Bonchev–Trinajstić information content (AvgIpc) is 1.85. The Hall–Kier alpha value is -0.620. The molecule has 0 aromatic rings. The summed E-state index contributed by atoms with van der Waals surface area (Å²) in [6.45, 7) is -0.575. The number of nitrogens with two attached hydrogens (primary N) is 1. The second kappa shape index (κ2) is 4.24. The fraction of sp³-hybridized carbons (Fsp3) is 0.500. The summed E-state index contributed by atoms with van der Waals surface area (Å²) in [5, 5.41) is 8.16. The standard InChI is InChI=1S/C4H7BrN2O3/c5-7(2-4(9)10)3(8)1-6/h1-2,6H2,(H,9,10). The number of hydrogen-bond acceptors (Lipinski definition) is 3. The van der Waals surface area contributed by atoms with E-state index in [1.165, 1.54) is 0 Å². The number of amides is 1. The van der Waals surface area contributed by atoms with E-state index in [1.54, 1.807) is 0 Å². The van der Waals surface area contributed by atoms with E-state index >= 15 is 0 Å². The van der Waals surface area contributed by atoms with Crippen molar-refractivity contribution in [3.8, 4) is 0 Å². The smallest absolute Gasteiger partial charge is 0.324 e. The zero-order valence-corrected chi connectivity index (χ0v) is 6.67. The number of halogens is 1. The summed E-state index contributed by atoms with van der Waals surface area (Å²) in [4.78, 5) is 20.5. The largest absolute Gasteiger partial charge is 0.480 e. The summed E-state index contributed by atoms with van der Waals surface area (Å²) in [5.41, 5.74) is 4.93. The summed E-state index contributed by atoms with van der Waals surface area (Å²) in [5.74, 6) is -1.54. The summed E-state index contributed by atoms with van der Waals surface area (Å²) < 4.78 is 0.870. The number of carbonyl (C=O) groups excluding carboxylic acids is 1. The lowest BCUT2D eigenvalue weighted by atomic mass is 10.5. The van der Waals surface area contributed by atoms with Crippen LogP contribution in [0.4, 0.5) is 0 Å². The van der Waals surface area contributed by atoms with E-state index in [9.17, 15) is 9.59 Å². The van der Waals surface area contributed by atoms with Gasteiger partial charge in [0.05, 0.1) is 22.7 Å². The molecule has 10 heavy (non-hydrogen) atoms. The second-order valence-corrected chi connectivity index (χ2v) is 2.37. The van der Waals surface area contributed by atoms with Crippen molar-refractivity contribution in [3.63, 3.8) is 0 Å². The highest BCUT2D eigenvalue weighted by atomic mass is 79.9. The number of rotatable bonds is 3. The first-order chi connectivity index (χ1) is 4.57. The first-order valence-electron chi connectivity index (χ1n) is 2.46. The minimum Gasteiger partial charge on any atom is -0.480 e. The first kappa shape index (κ1) is 9.38. The van der Waals surface area contributed by atoms with Crippen LogP contribution in [-0.2, 0) is 9.59 Å². The van der Waals surface area contributed by atoms with Crippen LogP contribution in [0, 0.1) is 0 Å². The highest BCUT2D eigenvalue weighted by Gasteiger charge is 2.10. The molecule has 58 valence electrons. The quantitative estimate of drug-likeness (QED) is 0.596. The van der Waals surface area contributed by atoms with E-state index in [2.05, 4.69) is 16.1 Å². The third kappa shape index (κ3) is 3.41. The third-order valence-electron chi connectivity index (χ3n) is 0.719. The molecule has 0 saturated carbocycles. The minimum absolute atomic E-state index is 0.196. The zero-order valence-electron chi connectivity index (χ0n) is 5.08. The van der Waals surface area contributed by atoms with E-state index < -0.39 is 11.9 Å². The van der Waals surface area contributed by atoms with E-state index in [0.29, 0.717) is 0 Å². The SMILES string of the molecule is NCC(=O)N(Br)CC(=O)O. The molecule has 0 heterocycles. The second-order valence-electron chi connectivity index (χ2n) is 1.51. The van der Waals surface area contributed by atoms with Gasteiger partial charge >= 0.3 is 5.97 Å². The topological polar surface area (TPSA) is 83.6 Å². The van der Waals surface area contributed by atoms with Gasteiger partial charge in [0, 0.05) is 0 Å². The van der Waals surface area contributed by atoms with E-state index in [-0.39, 0.29) is 13.1 Å². The van der Waals surface area contributed by atoms with Gasteiger partial charge in [0.25, 0.3) is 0 Å². The third-order valence-corrected chi connectivity index (χ3v) is 1.37. The van der Waals surface area contributed by atoms with Crippen LogP contribution in [0.5, 0.6) is 0 Å².